The Morgan fingerprint density at radius 1 is 1.38 bits per heavy atom. The van der Waals surface area contributed by atoms with E-state index >= 15 is 0 Å². The van der Waals surface area contributed by atoms with E-state index in [1.165, 1.54) is 29.4 Å². The molecular formula is C17H17F3N4O2. The van der Waals surface area contributed by atoms with Crippen molar-refractivity contribution < 1.29 is 22.8 Å². The number of nitrogens with one attached hydrogen (secondary N) is 2. The first kappa shape index (κ1) is 18.0. The SMILES string of the molecule is Cc1[nH]cnc1C(=O)NC1CC(=O)N(Cc2ccccc2C(F)(F)F)C1. The van der Waals surface area contributed by atoms with Crippen LogP contribution in [-0.4, -0.2) is 39.3 Å². The van der Waals surface area contributed by atoms with Gasteiger partial charge in [0.15, 0.2) is 0 Å². The highest BCUT2D eigenvalue weighted by molar-refractivity contribution is 5.94. The summed E-state index contributed by atoms with van der Waals surface area (Å²) in [6.07, 6.45) is -3.04. The summed E-state index contributed by atoms with van der Waals surface area (Å²) in [5.74, 6) is -0.717. The predicted molar refractivity (Wildman–Crippen MR) is 86.1 cm³/mol. The number of halogens is 3. The monoisotopic (exact) mass is 366 g/mol. The highest BCUT2D eigenvalue weighted by Crippen LogP contribution is 2.32. The first-order valence-electron chi connectivity index (χ1n) is 7.99. The molecule has 1 aliphatic rings. The number of imidazole rings is 1. The molecule has 1 aromatic heterocycles. The number of hydrogen-bond donors (Lipinski definition) is 2. The number of carbonyl (C=O) groups excluding carboxylic acids is 2. The van der Waals surface area contributed by atoms with Gasteiger partial charge in [0.05, 0.1) is 17.9 Å². The Balaban J connectivity index is 1.68. The minimum absolute atomic E-state index is 0.0310. The fraction of sp³-hybridized carbons (Fsp3) is 0.353. The van der Waals surface area contributed by atoms with Gasteiger partial charge in [-0.05, 0) is 18.6 Å². The summed E-state index contributed by atoms with van der Waals surface area (Å²) >= 11 is 0. The Labute approximate surface area is 147 Å². The minimum Gasteiger partial charge on any atom is -0.348 e. The highest BCUT2D eigenvalue weighted by Gasteiger charge is 2.36. The van der Waals surface area contributed by atoms with Crippen LogP contribution < -0.4 is 5.32 Å². The Hall–Kier alpha value is -2.84. The van der Waals surface area contributed by atoms with Gasteiger partial charge in [-0.2, -0.15) is 13.2 Å². The maximum Gasteiger partial charge on any atom is 0.416 e. The molecule has 2 amide bonds. The predicted octanol–water partition coefficient (Wildman–Crippen LogP) is 2.27. The smallest absolute Gasteiger partial charge is 0.348 e. The van der Waals surface area contributed by atoms with Gasteiger partial charge in [0.25, 0.3) is 5.91 Å². The van der Waals surface area contributed by atoms with E-state index in [-0.39, 0.29) is 36.7 Å². The van der Waals surface area contributed by atoms with Crippen molar-refractivity contribution in [2.75, 3.05) is 6.54 Å². The molecule has 2 heterocycles. The number of carbonyl (C=O) groups is 2. The summed E-state index contributed by atoms with van der Waals surface area (Å²) in [6.45, 7) is 1.70. The molecule has 1 atom stereocenters. The van der Waals surface area contributed by atoms with Gasteiger partial charge in [0.1, 0.15) is 5.69 Å². The molecule has 26 heavy (non-hydrogen) atoms. The van der Waals surface area contributed by atoms with Gasteiger partial charge in [-0.1, -0.05) is 18.2 Å². The Kier molecular flexibility index (Phi) is 4.71. The summed E-state index contributed by atoms with van der Waals surface area (Å²) < 4.78 is 39.3. The largest absolute Gasteiger partial charge is 0.416 e. The number of H-pyrrole nitrogens is 1. The lowest BCUT2D eigenvalue weighted by molar-refractivity contribution is -0.139. The number of likely N-dealkylation sites (tertiary alicyclic amines) is 1. The van der Waals surface area contributed by atoms with Crippen molar-refractivity contribution in [2.24, 2.45) is 0 Å². The minimum atomic E-state index is -4.48. The van der Waals surface area contributed by atoms with E-state index in [0.717, 1.165) is 6.07 Å². The van der Waals surface area contributed by atoms with Gasteiger partial charge in [-0.15, -0.1) is 0 Å². The Morgan fingerprint density at radius 3 is 2.77 bits per heavy atom. The van der Waals surface area contributed by atoms with Crippen molar-refractivity contribution in [3.63, 3.8) is 0 Å². The number of rotatable bonds is 4. The van der Waals surface area contributed by atoms with Gasteiger partial charge < -0.3 is 15.2 Å². The molecule has 0 bridgehead atoms. The number of benzene rings is 1. The maximum atomic E-state index is 13.1. The average molecular weight is 366 g/mol. The first-order chi connectivity index (χ1) is 12.3. The molecule has 1 unspecified atom stereocenters. The van der Waals surface area contributed by atoms with Crippen LogP contribution >= 0.6 is 0 Å². The molecule has 0 radical (unpaired) electrons. The number of aryl methyl sites for hydroxylation is 1. The van der Waals surface area contributed by atoms with Crippen LogP contribution in [0.1, 0.15) is 33.7 Å². The van der Waals surface area contributed by atoms with Crippen LogP contribution in [0.4, 0.5) is 13.2 Å². The van der Waals surface area contributed by atoms with Crippen molar-refractivity contribution in [2.45, 2.75) is 32.1 Å². The molecule has 0 aliphatic carbocycles. The van der Waals surface area contributed by atoms with Gasteiger partial charge in [0, 0.05) is 25.2 Å². The van der Waals surface area contributed by atoms with Crippen molar-refractivity contribution in [1.82, 2.24) is 20.2 Å². The molecule has 0 saturated carbocycles. The Bertz CT molecular complexity index is 831. The van der Waals surface area contributed by atoms with Crippen LogP contribution in [0.3, 0.4) is 0 Å². The molecule has 1 fully saturated rings. The normalized spacial score (nSPS) is 17.6. The molecule has 2 N–H and O–H groups in total. The summed E-state index contributed by atoms with van der Waals surface area (Å²) in [5.41, 5.74) is 0.108. The third kappa shape index (κ3) is 3.71. The molecular weight excluding hydrogens is 349 g/mol. The second kappa shape index (κ2) is 6.81. The molecule has 1 saturated heterocycles. The van der Waals surface area contributed by atoms with Crippen molar-refractivity contribution in [3.05, 3.63) is 53.1 Å². The van der Waals surface area contributed by atoms with E-state index in [1.54, 1.807) is 6.92 Å². The quantitative estimate of drug-likeness (QED) is 0.871. The van der Waals surface area contributed by atoms with E-state index in [1.807, 2.05) is 0 Å². The van der Waals surface area contributed by atoms with E-state index in [9.17, 15) is 22.8 Å². The molecule has 138 valence electrons. The van der Waals surface area contributed by atoms with Gasteiger partial charge in [-0.3, -0.25) is 9.59 Å². The van der Waals surface area contributed by atoms with E-state index in [2.05, 4.69) is 15.3 Å². The lowest BCUT2D eigenvalue weighted by Gasteiger charge is -2.20. The topological polar surface area (TPSA) is 78.1 Å². The standard InChI is InChI=1S/C17H17F3N4O2/c1-10-15(22-9-21-10)16(26)23-12-6-14(25)24(8-12)7-11-4-2-3-5-13(11)17(18,19)20/h2-5,9,12H,6-8H2,1H3,(H,21,22)(H,23,26). The van der Waals surface area contributed by atoms with Crippen LogP contribution in [0.15, 0.2) is 30.6 Å². The molecule has 1 aliphatic heterocycles. The molecule has 9 heteroatoms. The van der Waals surface area contributed by atoms with Gasteiger partial charge in [-0.25, -0.2) is 4.98 Å². The van der Waals surface area contributed by atoms with Crippen LogP contribution in [-0.2, 0) is 17.5 Å². The third-order valence-corrected chi connectivity index (χ3v) is 4.28. The van der Waals surface area contributed by atoms with Crippen molar-refractivity contribution >= 4 is 11.8 Å². The molecule has 3 rings (SSSR count). The number of nitrogens with zero attached hydrogens (tertiary/aromatic N) is 2. The van der Waals surface area contributed by atoms with Gasteiger partial charge >= 0.3 is 6.18 Å². The summed E-state index contributed by atoms with van der Waals surface area (Å²) in [6, 6.07) is 4.70. The lowest BCUT2D eigenvalue weighted by atomic mass is 10.1. The van der Waals surface area contributed by atoms with E-state index in [0.29, 0.717) is 5.69 Å². The van der Waals surface area contributed by atoms with Crippen LogP contribution in [0.2, 0.25) is 0 Å². The number of aromatic amines is 1. The number of aromatic nitrogens is 2. The first-order valence-corrected chi connectivity index (χ1v) is 7.99. The maximum absolute atomic E-state index is 13.1. The van der Waals surface area contributed by atoms with E-state index in [4.69, 9.17) is 0 Å². The van der Waals surface area contributed by atoms with Crippen LogP contribution in [0.5, 0.6) is 0 Å². The molecule has 2 aromatic rings. The fourth-order valence-electron chi connectivity index (χ4n) is 3.00. The third-order valence-electron chi connectivity index (χ3n) is 4.28. The van der Waals surface area contributed by atoms with Crippen molar-refractivity contribution in [1.29, 1.82) is 0 Å². The second-order valence-electron chi connectivity index (χ2n) is 6.18. The fourth-order valence-corrected chi connectivity index (χ4v) is 3.00. The van der Waals surface area contributed by atoms with Crippen LogP contribution in [0.25, 0.3) is 0 Å². The second-order valence-corrected chi connectivity index (χ2v) is 6.18. The number of amides is 2. The van der Waals surface area contributed by atoms with Crippen LogP contribution in [0, 0.1) is 6.92 Å². The van der Waals surface area contributed by atoms with E-state index < -0.39 is 23.7 Å². The zero-order valence-corrected chi connectivity index (χ0v) is 13.9. The summed E-state index contributed by atoms with van der Waals surface area (Å²) in [7, 11) is 0. The number of alkyl halides is 3. The summed E-state index contributed by atoms with van der Waals surface area (Å²) in [4.78, 5) is 32.4. The molecule has 1 aromatic carbocycles. The lowest BCUT2D eigenvalue weighted by Crippen LogP contribution is -2.37. The van der Waals surface area contributed by atoms with Crippen molar-refractivity contribution in [3.8, 4) is 0 Å². The zero-order chi connectivity index (χ0) is 18.9. The summed E-state index contributed by atoms with van der Waals surface area (Å²) in [5, 5.41) is 2.71. The molecule has 6 nitrogen and oxygen atoms in total. The Morgan fingerprint density at radius 2 is 2.12 bits per heavy atom. The zero-order valence-electron chi connectivity index (χ0n) is 13.9. The highest BCUT2D eigenvalue weighted by atomic mass is 19.4. The van der Waals surface area contributed by atoms with Gasteiger partial charge in [0.2, 0.25) is 5.91 Å². The average Bonchev–Trinajstić information content (AvgIpc) is 3.13. The molecule has 0 spiro atoms. The number of hydrogen-bond acceptors (Lipinski definition) is 3.